The van der Waals surface area contributed by atoms with Crippen LogP contribution in [0.4, 0.5) is 5.69 Å². The lowest BCUT2D eigenvalue weighted by molar-refractivity contribution is 0.403. The number of hydrogen-bond donors (Lipinski definition) is 0. The molecule has 152 valence electrons. The number of ether oxygens (including phenoxy) is 2. The quantitative estimate of drug-likeness (QED) is 0.504. The van der Waals surface area contributed by atoms with Gasteiger partial charge in [-0.3, -0.25) is 0 Å². The fraction of sp³-hybridized carbons (Fsp3) is 0.375. The van der Waals surface area contributed by atoms with Gasteiger partial charge in [0.05, 0.1) is 25.6 Å². The minimum absolute atomic E-state index is 0.469. The summed E-state index contributed by atoms with van der Waals surface area (Å²) in [4.78, 5) is 6.10. The number of thiazole rings is 1. The van der Waals surface area contributed by atoms with Crippen molar-refractivity contribution in [3.63, 3.8) is 0 Å². The normalized spacial score (nSPS) is 15.1. The SMILES string of the molecule is COc1ccc(OC)c(-c2csc(=Nc3cc(C)cc(C)c3)n2C2CCCC2)c1. The van der Waals surface area contributed by atoms with Crippen LogP contribution in [-0.2, 0) is 0 Å². The van der Waals surface area contributed by atoms with Gasteiger partial charge < -0.3 is 14.0 Å². The number of aryl methyl sites for hydroxylation is 2. The van der Waals surface area contributed by atoms with E-state index < -0.39 is 0 Å². The van der Waals surface area contributed by atoms with Crippen molar-refractivity contribution < 1.29 is 9.47 Å². The first-order valence-electron chi connectivity index (χ1n) is 10.1. The summed E-state index contributed by atoms with van der Waals surface area (Å²) in [6, 6.07) is 12.9. The van der Waals surface area contributed by atoms with Crippen molar-refractivity contribution in [2.75, 3.05) is 14.2 Å². The van der Waals surface area contributed by atoms with Gasteiger partial charge in [-0.2, -0.15) is 0 Å². The number of benzene rings is 2. The standard InChI is InChI=1S/C24H28N2O2S/c1-16-11-17(2)13-18(12-16)25-24-26(19-7-5-6-8-19)22(15-29-24)21-14-20(27-3)9-10-23(21)28-4/h9-15,19H,5-8H2,1-4H3. The zero-order valence-corrected chi connectivity index (χ0v) is 18.4. The molecular formula is C24H28N2O2S. The highest BCUT2D eigenvalue weighted by atomic mass is 32.1. The van der Waals surface area contributed by atoms with Crippen molar-refractivity contribution in [2.24, 2.45) is 4.99 Å². The molecule has 4 rings (SSSR count). The third-order valence-corrected chi connectivity index (χ3v) is 6.39. The maximum absolute atomic E-state index is 5.68. The Morgan fingerprint density at radius 1 is 0.966 bits per heavy atom. The highest BCUT2D eigenvalue weighted by Gasteiger charge is 2.23. The molecule has 1 fully saturated rings. The second-order valence-electron chi connectivity index (χ2n) is 7.74. The topological polar surface area (TPSA) is 35.8 Å². The molecule has 3 aromatic rings. The van der Waals surface area contributed by atoms with E-state index >= 15 is 0 Å². The maximum atomic E-state index is 5.68. The Kier molecular flexibility index (Phi) is 5.76. The van der Waals surface area contributed by atoms with Gasteiger partial charge in [-0.05, 0) is 68.1 Å². The van der Waals surface area contributed by atoms with Gasteiger partial charge in [-0.1, -0.05) is 18.9 Å². The van der Waals surface area contributed by atoms with E-state index in [4.69, 9.17) is 14.5 Å². The van der Waals surface area contributed by atoms with Gasteiger partial charge in [0.1, 0.15) is 11.5 Å². The molecule has 1 aliphatic carbocycles. The van der Waals surface area contributed by atoms with Crippen LogP contribution in [0.15, 0.2) is 46.8 Å². The molecule has 4 nitrogen and oxygen atoms in total. The molecule has 29 heavy (non-hydrogen) atoms. The van der Waals surface area contributed by atoms with E-state index in [1.165, 1.54) is 36.8 Å². The second-order valence-corrected chi connectivity index (χ2v) is 8.57. The monoisotopic (exact) mass is 408 g/mol. The van der Waals surface area contributed by atoms with E-state index in [1.807, 2.05) is 12.1 Å². The lowest BCUT2D eigenvalue weighted by atomic mass is 10.1. The lowest BCUT2D eigenvalue weighted by Crippen LogP contribution is -2.20. The number of rotatable bonds is 5. The Bertz CT molecular complexity index is 1050. The first kappa shape index (κ1) is 19.8. The number of nitrogens with zero attached hydrogens (tertiary/aromatic N) is 2. The molecule has 1 heterocycles. The molecule has 2 aromatic carbocycles. The molecule has 0 bridgehead atoms. The van der Waals surface area contributed by atoms with Gasteiger partial charge in [0, 0.05) is 17.0 Å². The molecule has 1 aliphatic rings. The second kappa shape index (κ2) is 8.46. The van der Waals surface area contributed by atoms with Gasteiger partial charge >= 0.3 is 0 Å². The molecule has 0 amide bonds. The van der Waals surface area contributed by atoms with Crippen LogP contribution in [0.25, 0.3) is 11.3 Å². The molecular weight excluding hydrogens is 380 g/mol. The van der Waals surface area contributed by atoms with E-state index in [0.29, 0.717) is 6.04 Å². The van der Waals surface area contributed by atoms with Gasteiger partial charge in [-0.15, -0.1) is 11.3 Å². The van der Waals surface area contributed by atoms with Crippen molar-refractivity contribution in [1.29, 1.82) is 0 Å². The highest BCUT2D eigenvalue weighted by Crippen LogP contribution is 2.38. The Morgan fingerprint density at radius 2 is 1.69 bits per heavy atom. The van der Waals surface area contributed by atoms with Crippen molar-refractivity contribution in [1.82, 2.24) is 4.57 Å². The van der Waals surface area contributed by atoms with E-state index in [1.54, 1.807) is 25.6 Å². The largest absolute Gasteiger partial charge is 0.497 e. The zero-order chi connectivity index (χ0) is 20.4. The van der Waals surface area contributed by atoms with E-state index in [0.717, 1.165) is 33.2 Å². The smallest absolute Gasteiger partial charge is 0.190 e. The number of hydrogen-bond acceptors (Lipinski definition) is 4. The van der Waals surface area contributed by atoms with E-state index in [-0.39, 0.29) is 0 Å². The molecule has 1 saturated carbocycles. The molecule has 0 unspecified atom stereocenters. The fourth-order valence-electron chi connectivity index (χ4n) is 4.25. The lowest BCUT2D eigenvalue weighted by Gasteiger charge is -2.18. The van der Waals surface area contributed by atoms with Crippen LogP contribution in [0.3, 0.4) is 0 Å². The van der Waals surface area contributed by atoms with Gasteiger partial charge in [0.2, 0.25) is 0 Å². The molecule has 0 spiro atoms. The maximum Gasteiger partial charge on any atom is 0.190 e. The molecule has 5 heteroatoms. The van der Waals surface area contributed by atoms with Gasteiger partial charge in [0.25, 0.3) is 0 Å². The summed E-state index contributed by atoms with van der Waals surface area (Å²) in [7, 11) is 3.42. The summed E-state index contributed by atoms with van der Waals surface area (Å²) in [6.07, 6.45) is 4.92. The molecule has 1 aromatic heterocycles. The zero-order valence-electron chi connectivity index (χ0n) is 17.6. The van der Waals surface area contributed by atoms with Crippen molar-refractivity contribution in [2.45, 2.75) is 45.6 Å². The van der Waals surface area contributed by atoms with E-state index in [9.17, 15) is 0 Å². The van der Waals surface area contributed by atoms with Crippen LogP contribution in [-0.4, -0.2) is 18.8 Å². The molecule has 0 radical (unpaired) electrons. The molecule has 0 saturated heterocycles. The average Bonchev–Trinajstić information content (AvgIpc) is 3.36. The minimum atomic E-state index is 0.469. The van der Waals surface area contributed by atoms with Crippen molar-refractivity contribution in [3.8, 4) is 22.8 Å². The van der Waals surface area contributed by atoms with Crippen LogP contribution in [0.2, 0.25) is 0 Å². The highest BCUT2D eigenvalue weighted by molar-refractivity contribution is 7.07. The summed E-state index contributed by atoms with van der Waals surface area (Å²) >= 11 is 1.70. The summed E-state index contributed by atoms with van der Waals surface area (Å²) < 4.78 is 13.6. The minimum Gasteiger partial charge on any atom is -0.497 e. The Balaban J connectivity index is 1.92. The average molecular weight is 409 g/mol. The van der Waals surface area contributed by atoms with E-state index in [2.05, 4.69) is 48.1 Å². The van der Waals surface area contributed by atoms with Crippen molar-refractivity contribution >= 4 is 17.0 Å². The predicted molar refractivity (Wildman–Crippen MR) is 119 cm³/mol. The predicted octanol–water partition coefficient (Wildman–Crippen LogP) is 6.20. The first-order valence-corrected chi connectivity index (χ1v) is 11.0. The summed E-state index contributed by atoms with van der Waals surface area (Å²) in [5, 5.41) is 2.21. The van der Waals surface area contributed by atoms with Gasteiger partial charge in [-0.25, -0.2) is 4.99 Å². The molecule has 0 N–H and O–H groups in total. The van der Waals surface area contributed by atoms with Crippen LogP contribution < -0.4 is 14.3 Å². The van der Waals surface area contributed by atoms with Crippen LogP contribution >= 0.6 is 11.3 Å². The summed E-state index contributed by atoms with van der Waals surface area (Å²) in [5.41, 5.74) is 5.70. The van der Waals surface area contributed by atoms with Crippen LogP contribution in [0, 0.1) is 13.8 Å². The fourth-order valence-corrected chi connectivity index (χ4v) is 5.23. The van der Waals surface area contributed by atoms with Crippen LogP contribution in [0.5, 0.6) is 11.5 Å². The third kappa shape index (κ3) is 4.10. The Hall–Kier alpha value is -2.53. The number of methoxy groups -OCH3 is 2. The summed E-state index contributed by atoms with van der Waals surface area (Å²) in [6.45, 7) is 4.25. The first-order chi connectivity index (χ1) is 14.1. The third-order valence-electron chi connectivity index (χ3n) is 5.55. The van der Waals surface area contributed by atoms with Crippen LogP contribution in [0.1, 0.15) is 42.9 Å². The van der Waals surface area contributed by atoms with Gasteiger partial charge in [0.15, 0.2) is 4.80 Å². The molecule has 0 atom stereocenters. The molecule has 0 aliphatic heterocycles. The Morgan fingerprint density at radius 3 is 2.34 bits per heavy atom. The Labute approximate surface area is 176 Å². The van der Waals surface area contributed by atoms with Crippen molar-refractivity contribution in [3.05, 3.63) is 57.7 Å². The summed E-state index contributed by atoms with van der Waals surface area (Å²) in [5.74, 6) is 1.69. The number of aromatic nitrogens is 1.